The van der Waals surface area contributed by atoms with Gasteiger partial charge in [0.05, 0.1) is 11.4 Å². The van der Waals surface area contributed by atoms with Crippen LogP contribution in [0, 0.1) is 12.8 Å². The van der Waals surface area contributed by atoms with Gasteiger partial charge in [-0.25, -0.2) is 8.42 Å². The Bertz CT molecular complexity index is 547. The summed E-state index contributed by atoms with van der Waals surface area (Å²) in [7, 11) is -1.84. The molecule has 7 nitrogen and oxygen atoms in total. The molecule has 0 radical (unpaired) electrons. The van der Waals surface area contributed by atoms with Crippen LogP contribution >= 0.6 is 0 Å². The van der Waals surface area contributed by atoms with Crippen molar-refractivity contribution in [2.75, 3.05) is 26.8 Å². The molecule has 1 aromatic heterocycles. The predicted molar refractivity (Wildman–Crippen MR) is 74.6 cm³/mol. The maximum Gasteiger partial charge on any atom is 0.246 e. The highest BCUT2D eigenvalue weighted by Gasteiger charge is 2.33. The van der Waals surface area contributed by atoms with Crippen molar-refractivity contribution in [1.29, 1.82) is 0 Å². The van der Waals surface area contributed by atoms with Gasteiger partial charge < -0.3 is 10.5 Å². The maximum absolute atomic E-state index is 12.7. The molecule has 0 bridgehead atoms. The summed E-state index contributed by atoms with van der Waals surface area (Å²) >= 11 is 0. The number of aromatic amines is 1. The second-order valence-corrected chi connectivity index (χ2v) is 7.01. The SMILES string of the molecule is COCC1CCN(S(=O)(=O)c2c(CN)n[nH]c2C)CC1. The molecule has 0 saturated carbocycles. The molecular formula is C12H22N4O3S. The fourth-order valence-electron chi connectivity index (χ4n) is 2.63. The van der Waals surface area contributed by atoms with Gasteiger partial charge in [-0.15, -0.1) is 0 Å². The van der Waals surface area contributed by atoms with Crippen LogP contribution < -0.4 is 5.73 Å². The number of aryl methyl sites for hydroxylation is 1. The number of aromatic nitrogens is 2. The number of hydrogen-bond acceptors (Lipinski definition) is 5. The zero-order chi connectivity index (χ0) is 14.8. The van der Waals surface area contributed by atoms with Crippen molar-refractivity contribution in [3.8, 4) is 0 Å². The highest BCUT2D eigenvalue weighted by Crippen LogP contribution is 2.26. The van der Waals surface area contributed by atoms with E-state index in [-0.39, 0.29) is 11.4 Å². The Labute approximate surface area is 119 Å². The van der Waals surface area contributed by atoms with E-state index < -0.39 is 10.0 Å². The van der Waals surface area contributed by atoms with Crippen LogP contribution in [0.25, 0.3) is 0 Å². The highest BCUT2D eigenvalue weighted by molar-refractivity contribution is 7.89. The zero-order valence-electron chi connectivity index (χ0n) is 11.9. The molecule has 20 heavy (non-hydrogen) atoms. The van der Waals surface area contributed by atoms with Crippen LogP contribution in [0.15, 0.2) is 4.90 Å². The molecule has 0 unspecified atom stereocenters. The molecule has 1 aromatic rings. The first-order chi connectivity index (χ1) is 9.50. The van der Waals surface area contributed by atoms with Gasteiger partial charge in [-0.05, 0) is 25.7 Å². The molecule has 8 heteroatoms. The van der Waals surface area contributed by atoms with Crippen LogP contribution in [-0.4, -0.2) is 49.7 Å². The molecule has 3 N–H and O–H groups in total. The van der Waals surface area contributed by atoms with E-state index in [0.29, 0.717) is 37.0 Å². The quantitative estimate of drug-likeness (QED) is 0.810. The van der Waals surface area contributed by atoms with Gasteiger partial charge in [0.2, 0.25) is 10.0 Å². The average molecular weight is 302 g/mol. The van der Waals surface area contributed by atoms with Gasteiger partial charge in [-0.2, -0.15) is 9.40 Å². The number of methoxy groups -OCH3 is 1. The summed E-state index contributed by atoms with van der Waals surface area (Å²) in [5, 5.41) is 6.67. The summed E-state index contributed by atoms with van der Waals surface area (Å²) in [5.74, 6) is 0.436. The number of ether oxygens (including phenoxy) is 1. The third-order valence-corrected chi connectivity index (χ3v) is 5.83. The molecule has 0 spiro atoms. The lowest BCUT2D eigenvalue weighted by molar-refractivity contribution is 0.121. The fraction of sp³-hybridized carbons (Fsp3) is 0.750. The van der Waals surface area contributed by atoms with Crippen molar-refractivity contribution in [3.05, 3.63) is 11.4 Å². The molecule has 0 amide bonds. The summed E-state index contributed by atoms with van der Waals surface area (Å²) in [6, 6.07) is 0. The molecule has 2 heterocycles. The van der Waals surface area contributed by atoms with Crippen molar-refractivity contribution >= 4 is 10.0 Å². The number of nitrogens with zero attached hydrogens (tertiary/aromatic N) is 2. The number of hydrogen-bond donors (Lipinski definition) is 2. The summed E-state index contributed by atoms with van der Waals surface area (Å²) in [4.78, 5) is 0.241. The number of nitrogens with one attached hydrogen (secondary N) is 1. The lowest BCUT2D eigenvalue weighted by atomic mass is 9.99. The third-order valence-electron chi connectivity index (χ3n) is 3.73. The molecule has 2 rings (SSSR count). The van der Waals surface area contributed by atoms with Gasteiger partial charge in [0.15, 0.2) is 0 Å². The van der Waals surface area contributed by atoms with E-state index in [1.807, 2.05) is 0 Å². The first-order valence-electron chi connectivity index (χ1n) is 6.73. The van der Waals surface area contributed by atoms with E-state index in [1.54, 1.807) is 14.0 Å². The lowest BCUT2D eigenvalue weighted by Gasteiger charge is -2.30. The van der Waals surface area contributed by atoms with E-state index in [1.165, 1.54) is 4.31 Å². The van der Waals surface area contributed by atoms with E-state index >= 15 is 0 Å². The summed E-state index contributed by atoms with van der Waals surface area (Å²) in [5.41, 5.74) is 6.52. The minimum Gasteiger partial charge on any atom is -0.384 e. The van der Waals surface area contributed by atoms with Crippen molar-refractivity contribution in [2.24, 2.45) is 11.7 Å². The average Bonchev–Trinajstić information content (AvgIpc) is 2.81. The predicted octanol–water partition coefficient (Wildman–Crippen LogP) is 0.224. The number of nitrogens with two attached hydrogens (primary N) is 1. The molecule has 114 valence electrons. The van der Waals surface area contributed by atoms with Crippen LogP contribution in [0.4, 0.5) is 0 Å². The topological polar surface area (TPSA) is 101 Å². The van der Waals surface area contributed by atoms with Crippen LogP contribution in [0.1, 0.15) is 24.2 Å². The third kappa shape index (κ3) is 2.88. The van der Waals surface area contributed by atoms with E-state index in [4.69, 9.17) is 10.5 Å². The van der Waals surface area contributed by atoms with Crippen LogP contribution in [0.3, 0.4) is 0 Å². The minimum atomic E-state index is -3.51. The Hall–Kier alpha value is -0.960. The first kappa shape index (κ1) is 15.4. The fourth-order valence-corrected chi connectivity index (χ4v) is 4.44. The Kier molecular flexibility index (Phi) is 4.79. The molecule has 0 aliphatic carbocycles. The van der Waals surface area contributed by atoms with Crippen LogP contribution in [-0.2, 0) is 21.3 Å². The molecule has 1 saturated heterocycles. The standard InChI is InChI=1S/C12H22N4O3S/c1-9-12(11(7-13)15-14-9)20(17,18)16-5-3-10(4-6-16)8-19-2/h10H,3-8,13H2,1-2H3,(H,14,15). The van der Waals surface area contributed by atoms with Crippen molar-refractivity contribution in [1.82, 2.24) is 14.5 Å². The zero-order valence-corrected chi connectivity index (χ0v) is 12.7. The van der Waals surface area contributed by atoms with Gasteiger partial charge >= 0.3 is 0 Å². The van der Waals surface area contributed by atoms with E-state index in [9.17, 15) is 8.42 Å². The van der Waals surface area contributed by atoms with Gasteiger partial charge in [0, 0.05) is 33.4 Å². The number of rotatable bonds is 5. The number of piperidine rings is 1. The Morgan fingerprint density at radius 3 is 2.65 bits per heavy atom. The van der Waals surface area contributed by atoms with Gasteiger partial charge in [0.1, 0.15) is 4.90 Å². The summed E-state index contributed by atoms with van der Waals surface area (Å²) in [6.07, 6.45) is 1.64. The van der Waals surface area contributed by atoms with Gasteiger partial charge in [-0.3, -0.25) is 5.10 Å². The summed E-state index contributed by atoms with van der Waals surface area (Å²) < 4.78 is 32.0. The van der Waals surface area contributed by atoms with Crippen LogP contribution in [0.2, 0.25) is 0 Å². The normalized spacial score (nSPS) is 18.6. The van der Waals surface area contributed by atoms with Crippen molar-refractivity contribution in [2.45, 2.75) is 31.2 Å². The Balaban J connectivity index is 2.18. The Morgan fingerprint density at radius 2 is 2.10 bits per heavy atom. The van der Waals surface area contributed by atoms with Crippen molar-refractivity contribution < 1.29 is 13.2 Å². The van der Waals surface area contributed by atoms with Gasteiger partial charge in [-0.1, -0.05) is 0 Å². The second kappa shape index (κ2) is 6.21. The van der Waals surface area contributed by atoms with Crippen LogP contribution in [0.5, 0.6) is 0 Å². The smallest absolute Gasteiger partial charge is 0.246 e. The number of sulfonamides is 1. The monoisotopic (exact) mass is 302 g/mol. The molecule has 1 fully saturated rings. The lowest BCUT2D eigenvalue weighted by Crippen LogP contribution is -2.39. The molecule has 0 atom stereocenters. The van der Waals surface area contributed by atoms with Crippen molar-refractivity contribution in [3.63, 3.8) is 0 Å². The largest absolute Gasteiger partial charge is 0.384 e. The Morgan fingerprint density at radius 1 is 1.45 bits per heavy atom. The molecule has 0 aromatic carbocycles. The summed E-state index contributed by atoms with van der Waals surface area (Å²) in [6.45, 7) is 3.54. The minimum absolute atomic E-state index is 0.110. The number of H-pyrrole nitrogens is 1. The first-order valence-corrected chi connectivity index (χ1v) is 8.17. The van der Waals surface area contributed by atoms with E-state index in [0.717, 1.165) is 12.8 Å². The molecule has 1 aliphatic rings. The molecular weight excluding hydrogens is 280 g/mol. The second-order valence-electron chi connectivity index (χ2n) is 5.13. The van der Waals surface area contributed by atoms with E-state index in [2.05, 4.69) is 10.2 Å². The maximum atomic E-state index is 12.7. The molecule has 1 aliphatic heterocycles. The van der Waals surface area contributed by atoms with Gasteiger partial charge in [0.25, 0.3) is 0 Å². The highest BCUT2D eigenvalue weighted by atomic mass is 32.2.